The minimum atomic E-state index is -1.22. The molecule has 1 aromatic heterocycles. The zero-order chi connectivity index (χ0) is 11.1. The molecule has 1 aromatic rings. The van der Waals surface area contributed by atoms with Crippen molar-refractivity contribution in [3.8, 4) is 0 Å². The van der Waals surface area contributed by atoms with Crippen LogP contribution in [0.1, 0.15) is 25.2 Å². The second-order valence-corrected chi connectivity index (χ2v) is 3.84. The molecule has 0 aliphatic carbocycles. The van der Waals surface area contributed by atoms with Gasteiger partial charge < -0.3 is 10.1 Å². The van der Waals surface area contributed by atoms with E-state index in [9.17, 15) is 9.59 Å². The van der Waals surface area contributed by atoms with E-state index in [-0.39, 0.29) is 5.69 Å². The van der Waals surface area contributed by atoms with Gasteiger partial charge in [0.1, 0.15) is 5.54 Å². The van der Waals surface area contributed by atoms with E-state index >= 15 is 0 Å². The summed E-state index contributed by atoms with van der Waals surface area (Å²) in [5.41, 5.74) is -0.245. The molecule has 5 heteroatoms. The van der Waals surface area contributed by atoms with Gasteiger partial charge in [0, 0.05) is 11.4 Å². The summed E-state index contributed by atoms with van der Waals surface area (Å²) in [4.78, 5) is 25.0. The molecule has 0 atom stereocenters. The van der Waals surface area contributed by atoms with Crippen molar-refractivity contribution in [3.63, 3.8) is 0 Å². The third-order valence-electron chi connectivity index (χ3n) is 2.46. The van der Waals surface area contributed by atoms with Crippen LogP contribution in [0.4, 0.5) is 0 Å². The first kappa shape index (κ1) is 10.6. The summed E-state index contributed by atoms with van der Waals surface area (Å²) in [6.45, 7) is 6.46. The van der Waals surface area contributed by atoms with Crippen LogP contribution in [0.25, 0.3) is 0 Å². The van der Waals surface area contributed by atoms with Gasteiger partial charge in [-0.1, -0.05) is 0 Å². The molecule has 0 aromatic carbocycles. The Bertz CT molecular complexity index is 426. The van der Waals surface area contributed by atoms with Gasteiger partial charge in [-0.2, -0.15) is 0 Å². The van der Waals surface area contributed by atoms with Crippen molar-refractivity contribution >= 4 is 5.97 Å². The van der Waals surface area contributed by atoms with Crippen molar-refractivity contribution in [1.82, 2.24) is 9.55 Å². The summed E-state index contributed by atoms with van der Waals surface area (Å²) in [6.07, 6.45) is 0. The summed E-state index contributed by atoms with van der Waals surface area (Å²) >= 11 is 0. The van der Waals surface area contributed by atoms with Crippen molar-refractivity contribution in [1.29, 1.82) is 0 Å². The third-order valence-corrected chi connectivity index (χ3v) is 2.46. The SMILES string of the molecule is Cc1[nH]c(=O)n(C(C)(C)C(=O)O)c1C. The Labute approximate surface area is 81.4 Å². The predicted molar refractivity (Wildman–Crippen MR) is 51.5 cm³/mol. The third kappa shape index (κ3) is 1.34. The van der Waals surface area contributed by atoms with E-state index in [1.807, 2.05) is 0 Å². The molecular weight excluding hydrogens is 184 g/mol. The van der Waals surface area contributed by atoms with Crippen LogP contribution in [0.5, 0.6) is 0 Å². The summed E-state index contributed by atoms with van der Waals surface area (Å²) in [5, 5.41) is 8.98. The molecule has 1 rings (SSSR count). The minimum Gasteiger partial charge on any atom is -0.480 e. The van der Waals surface area contributed by atoms with Crippen LogP contribution >= 0.6 is 0 Å². The average molecular weight is 198 g/mol. The zero-order valence-corrected chi connectivity index (χ0v) is 8.71. The molecule has 0 bridgehead atoms. The number of aliphatic carboxylic acids is 1. The number of carbonyl (C=O) groups is 1. The number of imidazole rings is 1. The molecule has 0 fully saturated rings. The Hall–Kier alpha value is -1.52. The van der Waals surface area contributed by atoms with E-state index < -0.39 is 11.5 Å². The van der Waals surface area contributed by atoms with E-state index in [1.54, 1.807) is 13.8 Å². The van der Waals surface area contributed by atoms with Gasteiger partial charge in [-0.25, -0.2) is 9.59 Å². The summed E-state index contributed by atoms with van der Waals surface area (Å²) in [7, 11) is 0. The summed E-state index contributed by atoms with van der Waals surface area (Å²) in [5.74, 6) is -1.03. The topological polar surface area (TPSA) is 75.1 Å². The van der Waals surface area contributed by atoms with E-state index in [0.717, 1.165) is 0 Å². The maximum absolute atomic E-state index is 11.5. The molecule has 2 N–H and O–H groups in total. The van der Waals surface area contributed by atoms with E-state index in [4.69, 9.17) is 5.11 Å². The van der Waals surface area contributed by atoms with Crippen molar-refractivity contribution < 1.29 is 9.90 Å². The van der Waals surface area contributed by atoms with E-state index in [0.29, 0.717) is 11.4 Å². The highest BCUT2D eigenvalue weighted by atomic mass is 16.4. The Kier molecular flexibility index (Phi) is 2.27. The maximum atomic E-state index is 11.5. The van der Waals surface area contributed by atoms with Crippen molar-refractivity contribution in [2.75, 3.05) is 0 Å². The highest BCUT2D eigenvalue weighted by Crippen LogP contribution is 2.16. The molecule has 0 unspecified atom stereocenters. The van der Waals surface area contributed by atoms with E-state index in [1.165, 1.54) is 18.4 Å². The number of carboxylic acids is 1. The largest absolute Gasteiger partial charge is 0.480 e. The zero-order valence-electron chi connectivity index (χ0n) is 8.71. The Morgan fingerprint density at radius 1 is 1.43 bits per heavy atom. The quantitative estimate of drug-likeness (QED) is 0.731. The molecule has 0 amide bonds. The number of hydrogen-bond donors (Lipinski definition) is 2. The number of nitrogens with one attached hydrogen (secondary N) is 1. The Balaban J connectivity index is 3.47. The lowest BCUT2D eigenvalue weighted by Gasteiger charge is -2.21. The van der Waals surface area contributed by atoms with Gasteiger partial charge in [0.2, 0.25) is 0 Å². The van der Waals surface area contributed by atoms with Gasteiger partial charge in [0.25, 0.3) is 0 Å². The number of aromatic amines is 1. The van der Waals surface area contributed by atoms with Crippen LogP contribution in [0, 0.1) is 13.8 Å². The second-order valence-electron chi connectivity index (χ2n) is 3.84. The Morgan fingerprint density at radius 3 is 2.21 bits per heavy atom. The molecular formula is C9H14N2O3. The van der Waals surface area contributed by atoms with Gasteiger partial charge >= 0.3 is 11.7 Å². The van der Waals surface area contributed by atoms with Crippen LogP contribution in [-0.4, -0.2) is 20.6 Å². The van der Waals surface area contributed by atoms with Crippen LogP contribution < -0.4 is 5.69 Å². The van der Waals surface area contributed by atoms with Crippen molar-refractivity contribution in [2.45, 2.75) is 33.2 Å². The molecule has 0 aliphatic rings. The molecule has 14 heavy (non-hydrogen) atoms. The van der Waals surface area contributed by atoms with Crippen LogP contribution in [0.15, 0.2) is 4.79 Å². The highest BCUT2D eigenvalue weighted by Gasteiger charge is 2.32. The predicted octanol–water partition coefficient (Wildman–Crippen LogP) is 0.613. The fourth-order valence-corrected chi connectivity index (χ4v) is 1.40. The number of carboxylic acid groups (broad SMARTS) is 1. The second kappa shape index (κ2) is 3.01. The monoisotopic (exact) mass is 198 g/mol. The van der Waals surface area contributed by atoms with Gasteiger partial charge in [-0.3, -0.25) is 4.57 Å². The molecule has 0 saturated carbocycles. The summed E-state index contributed by atoms with van der Waals surface area (Å²) in [6, 6.07) is 0. The van der Waals surface area contributed by atoms with Crippen LogP contribution in [-0.2, 0) is 10.3 Å². The number of hydrogen-bond acceptors (Lipinski definition) is 2. The lowest BCUT2D eigenvalue weighted by Crippen LogP contribution is -2.42. The molecule has 0 radical (unpaired) electrons. The first-order valence-electron chi connectivity index (χ1n) is 4.30. The molecule has 0 saturated heterocycles. The van der Waals surface area contributed by atoms with Crippen LogP contribution in [0.3, 0.4) is 0 Å². The van der Waals surface area contributed by atoms with Gasteiger partial charge in [0.15, 0.2) is 0 Å². The summed E-state index contributed by atoms with van der Waals surface area (Å²) < 4.78 is 1.25. The standard InChI is InChI=1S/C9H14N2O3/c1-5-6(2)11(8(14)10-5)9(3,4)7(12)13/h1-4H3,(H,10,14)(H,12,13). The normalized spacial score (nSPS) is 11.7. The van der Waals surface area contributed by atoms with E-state index in [2.05, 4.69) is 4.98 Å². The fourth-order valence-electron chi connectivity index (χ4n) is 1.40. The van der Waals surface area contributed by atoms with Crippen molar-refractivity contribution in [3.05, 3.63) is 21.9 Å². The number of nitrogens with zero attached hydrogens (tertiary/aromatic N) is 1. The number of aromatic nitrogens is 2. The smallest absolute Gasteiger partial charge is 0.329 e. The van der Waals surface area contributed by atoms with Gasteiger partial charge in [0.05, 0.1) is 0 Å². The van der Waals surface area contributed by atoms with Crippen molar-refractivity contribution in [2.24, 2.45) is 0 Å². The first-order valence-corrected chi connectivity index (χ1v) is 4.30. The molecule has 0 spiro atoms. The number of rotatable bonds is 2. The first-order chi connectivity index (χ1) is 6.28. The average Bonchev–Trinajstić information content (AvgIpc) is 2.26. The maximum Gasteiger partial charge on any atom is 0.329 e. The molecule has 78 valence electrons. The molecule has 1 heterocycles. The Morgan fingerprint density at radius 2 is 1.93 bits per heavy atom. The lowest BCUT2D eigenvalue weighted by molar-refractivity contribution is -0.145. The number of H-pyrrole nitrogens is 1. The highest BCUT2D eigenvalue weighted by molar-refractivity contribution is 5.75. The fraction of sp³-hybridized carbons (Fsp3) is 0.556. The molecule has 0 aliphatic heterocycles. The molecule has 5 nitrogen and oxygen atoms in total. The van der Waals surface area contributed by atoms with Crippen LogP contribution in [0.2, 0.25) is 0 Å². The van der Waals surface area contributed by atoms with Gasteiger partial charge in [-0.05, 0) is 27.7 Å². The lowest BCUT2D eigenvalue weighted by atomic mass is 10.1. The number of aryl methyl sites for hydroxylation is 1. The minimum absolute atomic E-state index is 0.382. The van der Waals surface area contributed by atoms with Gasteiger partial charge in [-0.15, -0.1) is 0 Å².